The van der Waals surface area contributed by atoms with Crippen molar-refractivity contribution in [3.8, 4) is 17.2 Å². The van der Waals surface area contributed by atoms with Crippen LogP contribution in [-0.4, -0.2) is 108 Å². The van der Waals surface area contributed by atoms with Crippen LogP contribution in [0.15, 0.2) is 63.6 Å². The number of esters is 1. The lowest BCUT2D eigenvalue weighted by molar-refractivity contribution is -0.160. The van der Waals surface area contributed by atoms with E-state index in [9.17, 15) is 34.5 Å². The average molecular weight is 929 g/mol. The van der Waals surface area contributed by atoms with Crippen LogP contribution in [0.5, 0.6) is 17.2 Å². The van der Waals surface area contributed by atoms with Crippen LogP contribution in [-0.2, 0) is 23.8 Å². The molecule has 6 rings (SSSR count). The monoisotopic (exact) mass is 928 g/mol. The van der Waals surface area contributed by atoms with Gasteiger partial charge in [0.25, 0.3) is 11.7 Å². The Morgan fingerprint density at radius 2 is 1.72 bits per heavy atom. The van der Waals surface area contributed by atoms with Crippen LogP contribution in [0.4, 0.5) is 5.69 Å². The lowest BCUT2D eigenvalue weighted by atomic mass is 9.78. The zero-order valence-electron chi connectivity index (χ0n) is 40.0. The number of phenols is 1. The van der Waals surface area contributed by atoms with Crippen molar-refractivity contribution in [2.75, 3.05) is 38.7 Å². The largest absolute Gasteiger partial charge is 0.505 e. The molecule has 0 unspecified atom stereocenters. The molecule has 1 amide bonds. The van der Waals surface area contributed by atoms with E-state index in [2.05, 4.69) is 29.8 Å². The predicted octanol–water partition coefficient (Wildman–Crippen LogP) is 5.96. The molecule has 6 N–H and O–H groups in total. The SMILES string of the molecule is CO[C@H]1/C=C/O[C@@]2(C)Oc3c(C)c(=O)c4c(O)c(c5oc6cc(OCCNCCNC(C)C)ccc6nc5c4c3C2=O)NC(=O)/C(C)=C\C=C\[C@H](C)[C@H](O)[C@@H](C)[C@@H](O)[C@@H](C)[C@H](OC(C)=O)[C@@H]1C. The number of hydrogen-bond acceptors (Lipinski definition) is 16. The van der Waals surface area contributed by atoms with E-state index in [4.69, 9.17) is 33.1 Å². The molecule has 17 heteroatoms. The van der Waals surface area contributed by atoms with Gasteiger partial charge in [-0.25, -0.2) is 4.98 Å². The van der Waals surface area contributed by atoms with Gasteiger partial charge >= 0.3 is 11.8 Å². The number of aliphatic hydroxyl groups is 2. The Kier molecular flexibility index (Phi) is 15.8. The number of anilines is 1. The van der Waals surface area contributed by atoms with Gasteiger partial charge in [0.1, 0.15) is 40.9 Å². The molecule has 362 valence electrons. The van der Waals surface area contributed by atoms with E-state index in [1.165, 1.54) is 53.2 Å². The van der Waals surface area contributed by atoms with Gasteiger partial charge in [-0.2, -0.15) is 0 Å². The number of aromatic hydroxyl groups is 1. The third-order valence-electron chi connectivity index (χ3n) is 12.7. The van der Waals surface area contributed by atoms with Gasteiger partial charge in [0, 0.05) is 92.9 Å². The van der Waals surface area contributed by atoms with Crippen LogP contribution in [0.25, 0.3) is 33.0 Å². The van der Waals surface area contributed by atoms with Crippen molar-refractivity contribution in [2.24, 2.45) is 23.7 Å². The molecule has 0 radical (unpaired) electrons. The maximum absolute atomic E-state index is 14.7. The van der Waals surface area contributed by atoms with Crippen molar-refractivity contribution in [1.29, 1.82) is 0 Å². The van der Waals surface area contributed by atoms with Gasteiger partial charge in [0.2, 0.25) is 0 Å². The van der Waals surface area contributed by atoms with Gasteiger partial charge in [-0.1, -0.05) is 59.8 Å². The number of ketones is 1. The first-order valence-corrected chi connectivity index (χ1v) is 22.7. The highest BCUT2D eigenvalue weighted by atomic mass is 16.7. The molecule has 0 spiro atoms. The number of amides is 1. The highest BCUT2D eigenvalue weighted by molar-refractivity contribution is 6.26. The summed E-state index contributed by atoms with van der Waals surface area (Å²) in [6.45, 7) is 19.2. The zero-order valence-corrected chi connectivity index (χ0v) is 40.0. The second-order valence-electron chi connectivity index (χ2n) is 18.1. The van der Waals surface area contributed by atoms with Gasteiger partial charge in [0.05, 0.1) is 35.5 Å². The molecule has 67 heavy (non-hydrogen) atoms. The van der Waals surface area contributed by atoms with Crippen LogP contribution >= 0.6 is 0 Å². The molecule has 17 nitrogen and oxygen atoms in total. The fraction of sp³-hybridized carbons (Fsp3) is 0.500. The van der Waals surface area contributed by atoms with Gasteiger partial charge in [-0.15, -0.1) is 0 Å². The first-order chi connectivity index (χ1) is 31.7. The Balaban J connectivity index is 1.51. The number of hydrogen-bond donors (Lipinski definition) is 6. The molecule has 0 saturated carbocycles. The number of phenolic OH excluding ortho intramolecular Hbond substituents is 1. The summed E-state index contributed by atoms with van der Waals surface area (Å²) in [6, 6.07) is 5.36. The molecule has 3 heterocycles. The van der Waals surface area contributed by atoms with Crippen LogP contribution in [0, 0.1) is 30.6 Å². The number of carbonyl (C=O) groups excluding carboxylic acids is 3. The van der Waals surface area contributed by atoms with Crippen LogP contribution in [0.1, 0.15) is 78.2 Å². The highest BCUT2D eigenvalue weighted by Gasteiger charge is 2.49. The second kappa shape index (κ2) is 21.0. The minimum atomic E-state index is -2.05. The maximum Gasteiger partial charge on any atom is 0.312 e. The summed E-state index contributed by atoms with van der Waals surface area (Å²) >= 11 is 0. The van der Waals surface area contributed by atoms with Gasteiger partial charge < -0.3 is 59.4 Å². The summed E-state index contributed by atoms with van der Waals surface area (Å²) in [4.78, 5) is 60.4. The van der Waals surface area contributed by atoms with Crippen molar-refractivity contribution >= 4 is 56.3 Å². The fourth-order valence-electron chi connectivity index (χ4n) is 8.69. The number of rotatable bonds is 10. The van der Waals surface area contributed by atoms with Crippen molar-refractivity contribution in [3.05, 3.63) is 75.7 Å². The average Bonchev–Trinajstić information content (AvgIpc) is 3.55. The van der Waals surface area contributed by atoms with Gasteiger partial charge in [-0.05, 0) is 32.1 Å². The molecule has 0 fully saturated rings. The van der Waals surface area contributed by atoms with E-state index >= 15 is 0 Å². The van der Waals surface area contributed by atoms with E-state index in [0.29, 0.717) is 30.5 Å². The molecule has 1 aromatic heterocycles. The zero-order chi connectivity index (χ0) is 49.1. The molecule has 4 aromatic rings. The Bertz CT molecular complexity index is 2670. The van der Waals surface area contributed by atoms with Gasteiger partial charge in [-0.3, -0.25) is 19.2 Å². The van der Waals surface area contributed by atoms with Crippen molar-refractivity contribution < 1.29 is 57.8 Å². The number of nitrogens with zero attached hydrogens (tertiary/aromatic N) is 1. The number of methoxy groups -OCH3 is 1. The topological polar surface area (TPSA) is 237 Å². The Labute approximate surface area is 389 Å². The molecule has 0 saturated heterocycles. The smallest absolute Gasteiger partial charge is 0.312 e. The quantitative estimate of drug-likeness (QED) is 0.0354. The summed E-state index contributed by atoms with van der Waals surface area (Å²) in [6.07, 6.45) is 3.59. The maximum atomic E-state index is 14.7. The number of carbonyl (C=O) groups is 3. The van der Waals surface area contributed by atoms with Crippen molar-refractivity contribution in [3.63, 3.8) is 0 Å². The normalized spacial score (nSPS) is 28.0. The van der Waals surface area contributed by atoms with Crippen LogP contribution < -0.4 is 30.9 Å². The standard InChI is InChI=1S/C50H64N4O13/c1-24(2)52-19-18-51-20-22-63-32-15-16-33-35(23-32)66-47-39(53-33)36-37-43(58)30(8)46-38(36)48(60)50(10,67-46)64-21-17-34(62-11)27(5)45(65-31(9)55)29(7)42(57)28(6)41(56)25(3)13-12-14-26(4)49(61)54-40(47)44(37)59/h12-17,21,23-25,27-29,34,41-42,45,51-52,56-57,59H,18-20,22H2,1-11H3,(H,54,61)/b13-12+,21-17+,26-14-/t25-,27+,28+,29+,34-,41-,42+,45+,50-/m0/s1. The lowest BCUT2D eigenvalue weighted by Crippen LogP contribution is -2.46. The molecular weight excluding hydrogens is 865 g/mol. The molecule has 2 aliphatic heterocycles. The summed E-state index contributed by atoms with van der Waals surface area (Å²) in [5.74, 6) is -6.84. The first-order valence-electron chi connectivity index (χ1n) is 22.7. The van der Waals surface area contributed by atoms with Crippen molar-refractivity contribution in [2.45, 2.75) is 105 Å². The van der Waals surface area contributed by atoms with Gasteiger partial charge in [0.15, 0.2) is 22.3 Å². The molecule has 3 aromatic carbocycles. The number of benzene rings is 3. The minimum absolute atomic E-state index is 0.0123. The Morgan fingerprint density at radius 1 is 0.985 bits per heavy atom. The number of nitrogens with one attached hydrogen (secondary N) is 3. The third-order valence-corrected chi connectivity index (χ3v) is 12.7. The number of fused-ring (bicyclic) bond motifs is 2. The number of aromatic nitrogens is 1. The molecule has 0 aliphatic carbocycles. The van der Waals surface area contributed by atoms with E-state index in [1.54, 1.807) is 58.0 Å². The molecule has 9 atom stereocenters. The van der Waals surface area contributed by atoms with E-state index in [0.717, 1.165) is 13.1 Å². The summed E-state index contributed by atoms with van der Waals surface area (Å²) < 4.78 is 36.4. The minimum Gasteiger partial charge on any atom is -0.505 e. The second-order valence-corrected chi connectivity index (χ2v) is 18.1. The molecule has 4 bridgehead atoms. The van der Waals surface area contributed by atoms with Crippen molar-refractivity contribution in [1.82, 2.24) is 15.6 Å². The fourth-order valence-corrected chi connectivity index (χ4v) is 8.69. The van der Waals surface area contributed by atoms with Crippen LogP contribution in [0.3, 0.4) is 0 Å². The molecule has 2 aliphatic rings. The number of Topliss-reactive ketones (excluding diaryl/α,β-unsaturated/α-hetero) is 1. The Morgan fingerprint density at radius 3 is 2.40 bits per heavy atom. The number of aliphatic hydroxyl groups excluding tert-OH is 2. The lowest BCUT2D eigenvalue weighted by Gasteiger charge is -2.38. The van der Waals surface area contributed by atoms with E-state index in [1.807, 2.05) is 0 Å². The first kappa shape index (κ1) is 50.6. The molecular formula is C50H64N4O13. The summed E-state index contributed by atoms with van der Waals surface area (Å²) in [7, 11) is 1.44. The Hall–Kier alpha value is -5.85. The van der Waals surface area contributed by atoms with Crippen LogP contribution in [0.2, 0.25) is 0 Å². The number of allylic oxidation sites excluding steroid dienone is 2. The third kappa shape index (κ3) is 10.5. The van der Waals surface area contributed by atoms with E-state index < -0.39 is 82.7 Å². The highest BCUT2D eigenvalue weighted by Crippen LogP contribution is 2.48. The van der Waals surface area contributed by atoms with E-state index in [-0.39, 0.29) is 55.6 Å². The number of ether oxygens (including phenoxy) is 5. The predicted molar refractivity (Wildman–Crippen MR) is 253 cm³/mol. The summed E-state index contributed by atoms with van der Waals surface area (Å²) in [5, 5.41) is 44.1. The summed E-state index contributed by atoms with van der Waals surface area (Å²) in [5.41, 5.74) is -0.559.